The van der Waals surface area contributed by atoms with Crippen LogP contribution in [-0.2, 0) is 25.2 Å². The average Bonchev–Trinajstić information content (AvgIpc) is 2.92. The molecule has 2 N–H and O–H groups in total. The number of phosphoric ester groups is 1. The van der Waals surface area contributed by atoms with Gasteiger partial charge in [-0.2, -0.15) is 5.26 Å². The number of hydrogen-bond donors (Lipinski definition) is 2. The van der Waals surface area contributed by atoms with Crippen molar-refractivity contribution in [1.29, 1.82) is 5.26 Å². The molecule has 0 heterocycles. The summed E-state index contributed by atoms with van der Waals surface area (Å²) in [6, 6.07) is 7.20. The second-order valence-corrected chi connectivity index (χ2v) is 11.5. The van der Waals surface area contributed by atoms with Crippen LogP contribution in [0.5, 0.6) is 5.75 Å². The Morgan fingerprint density at radius 1 is 0.846 bits per heavy atom. The maximum absolute atomic E-state index is 11.1. The van der Waals surface area contributed by atoms with Crippen molar-refractivity contribution in [2.24, 2.45) is 0 Å². The van der Waals surface area contributed by atoms with Gasteiger partial charge in [0.05, 0.1) is 32.5 Å². The zero-order chi connectivity index (χ0) is 28.6. The SMILES string of the molecule is CCCCCCCCCCCCCCCCCCOC[C@H](COP(=O)(O)O)OCc1ccc(OC)c(C#N)c1. The van der Waals surface area contributed by atoms with Crippen molar-refractivity contribution in [3.63, 3.8) is 0 Å². The fraction of sp³-hybridized carbons (Fsp3) is 0.767. The Hall–Kier alpha value is -1.46. The molecule has 0 amide bonds. The molecule has 8 nitrogen and oxygen atoms in total. The van der Waals surface area contributed by atoms with Gasteiger partial charge in [-0.05, 0) is 24.1 Å². The molecular formula is C30H52NO7P. The second kappa shape index (κ2) is 23.3. The highest BCUT2D eigenvalue weighted by atomic mass is 31.2. The van der Waals surface area contributed by atoms with Crippen molar-refractivity contribution in [3.8, 4) is 11.8 Å². The van der Waals surface area contributed by atoms with Gasteiger partial charge in [-0.15, -0.1) is 0 Å². The topological polar surface area (TPSA) is 118 Å². The fourth-order valence-electron chi connectivity index (χ4n) is 4.44. The van der Waals surface area contributed by atoms with Crippen LogP contribution >= 0.6 is 7.82 Å². The number of nitriles is 1. The lowest BCUT2D eigenvalue weighted by molar-refractivity contribution is -0.0493. The number of nitrogens with zero attached hydrogens (tertiary/aromatic N) is 1. The van der Waals surface area contributed by atoms with Gasteiger partial charge in [0.2, 0.25) is 0 Å². The average molecular weight is 570 g/mol. The first kappa shape index (κ1) is 35.6. The molecule has 0 aliphatic heterocycles. The van der Waals surface area contributed by atoms with Crippen molar-refractivity contribution in [2.45, 2.75) is 122 Å². The molecule has 1 aromatic carbocycles. The van der Waals surface area contributed by atoms with E-state index in [-0.39, 0.29) is 19.8 Å². The van der Waals surface area contributed by atoms with Gasteiger partial charge in [0.1, 0.15) is 17.9 Å². The molecule has 0 aliphatic carbocycles. The Morgan fingerprint density at radius 3 is 1.87 bits per heavy atom. The summed E-state index contributed by atoms with van der Waals surface area (Å²) < 4.78 is 32.4. The highest BCUT2D eigenvalue weighted by Crippen LogP contribution is 2.36. The first-order chi connectivity index (χ1) is 18.9. The van der Waals surface area contributed by atoms with Gasteiger partial charge in [-0.1, -0.05) is 109 Å². The number of benzene rings is 1. The van der Waals surface area contributed by atoms with E-state index in [2.05, 4.69) is 17.5 Å². The maximum Gasteiger partial charge on any atom is 0.469 e. The zero-order valence-corrected chi connectivity index (χ0v) is 25.2. The monoisotopic (exact) mass is 569 g/mol. The normalized spacial score (nSPS) is 12.4. The minimum absolute atomic E-state index is 0.149. The smallest absolute Gasteiger partial charge is 0.469 e. The van der Waals surface area contributed by atoms with Crippen LogP contribution in [0.4, 0.5) is 0 Å². The lowest BCUT2D eigenvalue weighted by Gasteiger charge is -2.19. The predicted octanol–water partition coefficient (Wildman–Crippen LogP) is 7.84. The molecule has 39 heavy (non-hydrogen) atoms. The van der Waals surface area contributed by atoms with E-state index in [4.69, 9.17) is 24.0 Å². The Balaban J connectivity index is 2.12. The second-order valence-electron chi connectivity index (χ2n) is 10.2. The predicted molar refractivity (Wildman–Crippen MR) is 155 cm³/mol. The van der Waals surface area contributed by atoms with E-state index in [1.165, 1.54) is 97.0 Å². The molecule has 224 valence electrons. The molecule has 0 fully saturated rings. The van der Waals surface area contributed by atoms with Gasteiger partial charge in [-0.25, -0.2) is 4.57 Å². The van der Waals surface area contributed by atoms with Gasteiger partial charge in [0, 0.05) is 6.61 Å². The van der Waals surface area contributed by atoms with Crippen LogP contribution in [0.15, 0.2) is 18.2 Å². The number of hydrogen-bond acceptors (Lipinski definition) is 6. The first-order valence-electron chi connectivity index (χ1n) is 14.9. The number of ether oxygens (including phenoxy) is 3. The summed E-state index contributed by atoms with van der Waals surface area (Å²) in [5, 5.41) is 9.25. The van der Waals surface area contributed by atoms with E-state index < -0.39 is 13.9 Å². The first-order valence-corrected chi connectivity index (χ1v) is 16.4. The van der Waals surface area contributed by atoms with E-state index in [0.717, 1.165) is 18.4 Å². The highest BCUT2D eigenvalue weighted by molar-refractivity contribution is 7.46. The molecule has 0 aromatic heterocycles. The van der Waals surface area contributed by atoms with Gasteiger partial charge >= 0.3 is 7.82 Å². The molecule has 0 saturated carbocycles. The Labute approximate surface area is 236 Å². The Bertz CT molecular complexity index is 824. The fourth-order valence-corrected chi connectivity index (χ4v) is 4.80. The summed E-state index contributed by atoms with van der Waals surface area (Å²) in [5.74, 6) is 0.477. The summed E-state index contributed by atoms with van der Waals surface area (Å²) >= 11 is 0. The number of phosphoric acid groups is 1. The van der Waals surface area contributed by atoms with Crippen molar-refractivity contribution in [2.75, 3.05) is 26.9 Å². The van der Waals surface area contributed by atoms with Crippen LogP contribution in [-0.4, -0.2) is 42.8 Å². The lowest BCUT2D eigenvalue weighted by Crippen LogP contribution is -2.25. The van der Waals surface area contributed by atoms with Gasteiger partial charge in [0.25, 0.3) is 0 Å². The quantitative estimate of drug-likeness (QED) is 0.0855. The van der Waals surface area contributed by atoms with E-state index in [0.29, 0.717) is 17.9 Å². The number of rotatable bonds is 26. The molecule has 0 spiro atoms. The molecule has 1 atom stereocenters. The van der Waals surface area contributed by atoms with Crippen molar-refractivity contribution >= 4 is 7.82 Å². The van der Waals surface area contributed by atoms with E-state index >= 15 is 0 Å². The maximum atomic E-state index is 11.1. The Morgan fingerprint density at radius 2 is 1.38 bits per heavy atom. The lowest BCUT2D eigenvalue weighted by atomic mass is 10.0. The minimum Gasteiger partial charge on any atom is -0.495 e. The van der Waals surface area contributed by atoms with Crippen molar-refractivity contribution in [3.05, 3.63) is 29.3 Å². The van der Waals surface area contributed by atoms with E-state index in [9.17, 15) is 9.83 Å². The molecule has 0 radical (unpaired) electrons. The minimum atomic E-state index is -4.61. The molecule has 1 aromatic rings. The Kier molecular flexibility index (Phi) is 21.2. The molecule has 0 bridgehead atoms. The highest BCUT2D eigenvalue weighted by Gasteiger charge is 2.19. The summed E-state index contributed by atoms with van der Waals surface area (Å²) in [5.41, 5.74) is 1.13. The largest absolute Gasteiger partial charge is 0.495 e. The molecule has 0 aliphatic rings. The third-order valence-corrected chi connectivity index (χ3v) is 7.23. The number of methoxy groups -OCH3 is 1. The molecular weight excluding hydrogens is 517 g/mol. The molecule has 9 heteroatoms. The third-order valence-electron chi connectivity index (χ3n) is 6.74. The zero-order valence-electron chi connectivity index (χ0n) is 24.3. The summed E-state index contributed by atoms with van der Waals surface area (Å²) in [7, 11) is -3.11. The van der Waals surface area contributed by atoms with E-state index in [1.807, 2.05) is 0 Å². The summed E-state index contributed by atoms with van der Waals surface area (Å²) in [4.78, 5) is 18.1. The van der Waals surface area contributed by atoms with Crippen LogP contribution in [0.1, 0.15) is 121 Å². The standard InChI is InChI=1S/C30H52NO7P/c1-3-4-5-6-7-8-9-10-11-12-13-14-15-16-17-18-21-36-25-29(26-38-39(32,33)34)37-24-27-19-20-30(35-2)28(22-27)23-31/h19-20,22,29H,3-18,21,24-26H2,1-2H3,(H2,32,33,34)/t29-/m1/s1. The molecule has 1 rings (SSSR count). The van der Waals surface area contributed by atoms with Crippen LogP contribution in [0, 0.1) is 11.3 Å². The van der Waals surface area contributed by atoms with Crippen LogP contribution in [0.25, 0.3) is 0 Å². The van der Waals surface area contributed by atoms with Crippen LogP contribution < -0.4 is 4.74 Å². The number of unbranched alkanes of at least 4 members (excludes halogenated alkanes) is 15. The third kappa shape index (κ3) is 20.1. The van der Waals surface area contributed by atoms with Gasteiger partial charge in [0.15, 0.2) is 0 Å². The molecule has 0 unspecified atom stereocenters. The molecule has 0 saturated heterocycles. The summed E-state index contributed by atoms with van der Waals surface area (Å²) in [6.07, 6.45) is 20.3. The summed E-state index contributed by atoms with van der Waals surface area (Å²) in [6.45, 7) is 2.86. The van der Waals surface area contributed by atoms with Gasteiger partial charge in [-0.3, -0.25) is 4.52 Å². The van der Waals surface area contributed by atoms with Crippen molar-refractivity contribution in [1.82, 2.24) is 0 Å². The van der Waals surface area contributed by atoms with Crippen LogP contribution in [0.3, 0.4) is 0 Å². The van der Waals surface area contributed by atoms with Crippen molar-refractivity contribution < 1.29 is 33.1 Å². The van der Waals surface area contributed by atoms with Crippen LogP contribution in [0.2, 0.25) is 0 Å². The van der Waals surface area contributed by atoms with E-state index in [1.54, 1.807) is 18.2 Å². The van der Waals surface area contributed by atoms with Gasteiger partial charge < -0.3 is 24.0 Å².